The molecule has 64 heavy (non-hydrogen) atoms. The number of aliphatic hydroxyl groups is 8. The molecule has 7 rings (SSSR count). The number of fused-ring (bicyclic) bond motifs is 1. The molecule has 0 amide bonds. The van der Waals surface area contributed by atoms with E-state index in [0.29, 0.717) is 5.56 Å². The van der Waals surface area contributed by atoms with Gasteiger partial charge in [0, 0.05) is 23.8 Å². The summed E-state index contributed by atoms with van der Waals surface area (Å²) in [5.74, 6) is -4.65. The molecule has 4 aromatic rings. The first-order chi connectivity index (χ1) is 30.3. The van der Waals surface area contributed by atoms with Crippen molar-refractivity contribution in [2.45, 2.75) is 106 Å². The minimum Gasteiger partial charge on any atom is -0.508 e. The van der Waals surface area contributed by atoms with Gasteiger partial charge in [-0.25, -0.2) is 4.79 Å². The van der Waals surface area contributed by atoms with E-state index >= 15 is 0 Å². The maximum atomic E-state index is 14.5. The third-order valence-corrected chi connectivity index (χ3v) is 10.9. The van der Waals surface area contributed by atoms with E-state index in [0.717, 1.165) is 30.3 Å². The van der Waals surface area contributed by atoms with Crippen LogP contribution in [0.4, 0.5) is 0 Å². The fourth-order valence-corrected chi connectivity index (χ4v) is 7.17. The van der Waals surface area contributed by atoms with Gasteiger partial charge in [-0.1, -0.05) is 12.1 Å². The molecule has 0 saturated carbocycles. The average Bonchev–Trinajstić information content (AvgIpc) is 3.26. The minimum absolute atomic E-state index is 0.00868. The second kappa shape index (κ2) is 18.9. The van der Waals surface area contributed by atoms with Crippen molar-refractivity contribution in [3.63, 3.8) is 0 Å². The topological polar surface area (TPSA) is 355 Å². The first kappa shape index (κ1) is 46.4. The molecule has 3 aliphatic rings. The Hall–Kier alpha value is -5.60. The van der Waals surface area contributed by atoms with Crippen molar-refractivity contribution < 1.29 is 104 Å². The van der Waals surface area contributed by atoms with Gasteiger partial charge >= 0.3 is 5.97 Å². The lowest BCUT2D eigenvalue weighted by molar-refractivity contribution is -0.354. The summed E-state index contributed by atoms with van der Waals surface area (Å²) in [6.45, 7) is 2.00. The van der Waals surface area contributed by atoms with Gasteiger partial charge in [-0.05, 0) is 55.8 Å². The predicted molar refractivity (Wildman–Crippen MR) is 213 cm³/mol. The molecule has 22 nitrogen and oxygen atoms in total. The molecule has 9 unspecified atom stereocenters. The van der Waals surface area contributed by atoms with Gasteiger partial charge in [-0.3, -0.25) is 4.79 Å². The highest BCUT2D eigenvalue weighted by Crippen LogP contribution is 2.41. The van der Waals surface area contributed by atoms with Crippen molar-refractivity contribution in [2.75, 3.05) is 6.61 Å². The SMILES string of the molecule is CC1O[C@@H](Oc2cc(O)c3c(=O)c(O[C@@H]4OC(COC(=O)/C=C/c5ccc(O)cc5)[C@@H](O)C(O)C4O[C@@H]4OC(C)[C@H](O)C(O)C4O)c(-c4ccc(O)c(O)c4)oc3c2)C(O)C(O)[C@H]1O. The smallest absolute Gasteiger partial charge is 0.330 e. The zero-order valence-corrected chi connectivity index (χ0v) is 33.7. The maximum Gasteiger partial charge on any atom is 0.330 e. The van der Waals surface area contributed by atoms with Crippen molar-refractivity contribution in [3.05, 3.63) is 76.5 Å². The van der Waals surface area contributed by atoms with Crippen LogP contribution in [-0.4, -0.2) is 166 Å². The second-order valence-corrected chi connectivity index (χ2v) is 15.4. The fraction of sp³-hybridized carbons (Fsp3) is 0.429. The van der Waals surface area contributed by atoms with Crippen LogP contribution in [0.1, 0.15) is 19.4 Å². The Morgan fingerprint density at radius 1 is 0.656 bits per heavy atom. The summed E-state index contributed by atoms with van der Waals surface area (Å²) >= 11 is 0. The summed E-state index contributed by atoms with van der Waals surface area (Å²) in [7, 11) is 0. The first-order valence-electron chi connectivity index (χ1n) is 19.7. The third-order valence-electron chi connectivity index (χ3n) is 10.9. The average molecular weight is 903 g/mol. The van der Waals surface area contributed by atoms with Crippen LogP contribution in [0.5, 0.6) is 34.5 Å². The van der Waals surface area contributed by atoms with Crippen LogP contribution in [0.2, 0.25) is 0 Å². The molecule has 3 aromatic carbocycles. The van der Waals surface area contributed by atoms with Gasteiger partial charge < -0.3 is 98.9 Å². The number of ether oxygens (including phenoxy) is 7. The highest BCUT2D eigenvalue weighted by atomic mass is 16.8. The van der Waals surface area contributed by atoms with Gasteiger partial charge in [-0.2, -0.15) is 0 Å². The normalized spacial score (nSPS) is 33.2. The monoisotopic (exact) mass is 902 g/mol. The van der Waals surface area contributed by atoms with Crippen molar-refractivity contribution in [3.8, 4) is 45.8 Å². The Bertz CT molecular complexity index is 2390. The molecule has 0 spiro atoms. The Kier molecular flexibility index (Phi) is 13.7. The number of rotatable bonds is 11. The molecule has 15 atom stereocenters. The molecule has 12 N–H and O–H groups in total. The molecule has 3 fully saturated rings. The lowest BCUT2D eigenvalue weighted by Crippen LogP contribution is -2.64. The number of phenolic OH excluding ortho intramolecular Hbond substituents is 4. The maximum absolute atomic E-state index is 14.5. The molecule has 3 aliphatic heterocycles. The summed E-state index contributed by atoms with van der Waals surface area (Å²) in [6.07, 6.45) is -23.1. The minimum atomic E-state index is -2.08. The summed E-state index contributed by atoms with van der Waals surface area (Å²) < 4.78 is 46.0. The second-order valence-electron chi connectivity index (χ2n) is 15.4. The number of esters is 1. The fourth-order valence-electron chi connectivity index (χ4n) is 7.17. The molecular formula is C42H46O22. The van der Waals surface area contributed by atoms with Crippen LogP contribution in [0, 0.1) is 0 Å². The van der Waals surface area contributed by atoms with Crippen molar-refractivity contribution in [1.29, 1.82) is 0 Å². The molecule has 1 aromatic heterocycles. The van der Waals surface area contributed by atoms with Crippen LogP contribution >= 0.6 is 0 Å². The van der Waals surface area contributed by atoms with Gasteiger partial charge in [0.25, 0.3) is 0 Å². The highest BCUT2D eigenvalue weighted by Gasteiger charge is 2.52. The van der Waals surface area contributed by atoms with Gasteiger partial charge in [0.1, 0.15) is 89.8 Å². The van der Waals surface area contributed by atoms with Gasteiger partial charge in [0.05, 0.1) is 12.2 Å². The Balaban J connectivity index is 1.26. The van der Waals surface area contributed by atoms with Crippen molar-refractivity contribution in [1.82, 2.24) is 0 Å². The lowest BCUT2D eigenvalue weighted by Gasteiger charge is -2.45. The van der Waals surface area contributed by atoms with E-state index in [4.69, 9.17) is 37.6 Å². The number of aliphatic hydroxyl groups excluding tert-OH is 8. The van der Waals surface area contributed by atoms with Gasteiger partial charge in [0.2, 0.25) is 23.8 Å². The van der Waals surface area contributed by atoms with Gasteiger partial charge in [0.15, 0.2) is 29.7 Å². The summed E-state index contributed by atoms with van der Waals surface area (Å²) in [5.41, 5.74) is -1.20. The van der Waals surface area contributed by atoms with Crippen LogP contribution in [0.15, 0.2) is 69.9 Å². The number of carbonyl (C=O) groups is 1. The Labute approximate surface area is 361 Å². The number of carbonyl (C=O) groups excluding carboxylic acids is 1. The molecular weight excluding hydrogens is 856 g/mol. The van der Waals surface area contributed by atoms with Crippen LogP contribution in [0.3, 0.4) is 0 Å². The Morgan fingerprint density at radius 3 is 1.95 bits per heavy atom. The number of phenols is 4. The molecule has 0 radical (unpaired) electrons. The van der Waals surface area contributed by atoms with Crippen LogP contribution < -0.4 is 14.9 Å². The van der Waals surface area contributed by atoms with E-state index in [2.05, 4.69) is 0 Å². The quantitative estimate of drug-likeness (QED) is 0.0477. The largest absolute Gasteiger partial charge is 0.508 e. The number of benzene rings is 3. The molecule has 22 heteroatoms. The lowest BCUT2D eigenvalue weighted by atomic mass is 9.97. The van der Waals surface area contributed by atoms with E-state index < -0.39 is 150 Å². The third kappa shape index (κ3) is 9.44. The van der Waals surface area contributed by atoms with E-state index in [-0.39, 0.29) is 17.1 Å². The highest BCUT2D eigenvalue weighted by molar-refractivity contribution is 5.89. The van der Waals surface area contributed by atoms with E-state index in [1.54, 1.807) is 0 Å². The number of hydrogen-bond acceptors (Lipinski definition) is 22. The molecule has 0 bridgehead atoms. The standard InChI is InChI=1S/C42H46O22/c1-15-28(48)32(52)35(55)40(58-15)60-20-12-23(46)27-24(13-20)61-37(18-6-9-21(44)22(45)11-18)38(31(27)51)63-42-39(64-41-36(56)33(53)29(49)16(2)59-41)34(54)30(50)25(62-42)14-57-26(47)10-5-17-3-7-19(43)8-4-17/h3-13,15-16,25,28-30,32-36,39-46,48-50,52-56H,14H2,1-2H3/b10-5+/t15?,16?,25?,28-,29-,30+,32?,33?,34?,35?,36?,39?,40-,41-,42-/m0/s1. The predicted octanol–water partition coefficient (Wildman–Crippen LogP) is -1.22. The summed E-state index contributed by atoms with van der Waals surface area (Å²) in [6, 6.07) is 11.0. The van der Waals surface area contributed by atoms with Crippen LogP contribution in [-0.2, 0) is 28.5 Å². The van der Waals surface area contributed by atoms with E-state index in [9.17, 15) is 70.9 Å². The zero-order chi connectivity index (χ0) is 46.3. The number of aromatic hydroxyl groups is 4. The van der Waals surface area contributed by atoms with Crippen molar-refractivity contribution in [2.24, 2.45) is 0 Å². The molecule has 3 saturated heterocycles. The van der Waals surface area contributed by atoms with Crippen LogP contribution in [0.25, 0.3) is 28.4 Å². The van der Waals surface area contributed by atoms with Crippen molar-refractivity contribution >= 4 is 23.0 Å². The number of hydrogen-bond donors (Lipinski definition) is 12. The zero-order valence-electron chi connectivity index (χ0n) is 33.7. The van der Waals surface area contributed by atoms with E-state index in [1.807, 2.05) is 0 Å². The van der Waals surface area contributed by atoms with Gasteiger partial charge in [-0.15, -0.1) is 0 Å². The van der Waals surface area contributed by atoms with E-state index in [1.165, 1.54) is 50.3 Å². The summed E-state index contributed by atoms with van der Waals surface area (Å²) in [4.78, 5) is 27.2. The molecule has 0 aliphatic carbocycles. The first-order valence-corrected chi connectivity index (χ1v) is 19.7. The molecule has 346 valence electrons. The summed E-state index contributed by atoms with van der Waals surface area (Å²) in [5, 5.41) is 126. The Morgan fingerprint density at radius 2 is 1.30 bits per heavy atom. The molecule has 4 heterocycles.